The molecule has 2 aromatic carbocycles. The molecule has 1 fully saturated rings. The molecule has 0 spiro atoms. The highest BCUT2D eigenvalue weighted by molar-refractivity contribution is 5.94. The third-order valence-corrected chi connectivity index (χ3v) is 5.80. The number of methoxy groups -OCH3 is 1. The molecule has 34 heavy (non-hydrogen) atoms. The number of nitrogens with zero attached hydrogens (tertiary/aromatic N) is 7. The van der Waals surface area contributed by atoms with Gasteiger partial charge in [-0.2, -0.15) is 4.68 Å². The first-order valence-electron chi connectivity index (χ1n) is 11.2. The molecule has 5 rings (SSSR count). The fraction of sp³-hybridized carbons (Fsp3) is 0.292. The maximum absolute atomic E-state index is 12.9. The average molecular weight is 460 g/mol. The lowest BCUT2D eigenvalue weighted by atomic mass is 10.1. The number of benzene rings is 2. The molecule has 1 aliphatic heterocycles. The number of ether oxygens (including phenoxy) is 2. The SMILES string of the molecule is CCOc1ccc(C(=O)N2CCN(c3ncnc4c3nnn4-c3cccc(OC)c3)CC2)cc1. The van der Waals surface area contributed by atoms with Gasteiger partial charge in [-0.15, -0.1) is 5.10 Å². The molecule has 174 valence electrons. The number of hydrogen-bond donors (Lipinski definition) is 0. The molecule has 3 heterocycles. The third kappa shape index (κ3) is 4.09. The van der Waals surface area contributed by atoms with E-state index in [2.05, 4.69) is 25.2 Å². The van der Waals surface area contributed by atoms with E-state index in [4.69, 9.17) is 9.47 Å². The Morgan fingerprint density at radius 2 is 1.79 bits per heavy atom. The van der Waals surface area contributed by atoms with Gasteiger partial charge in [0.15, 0.2) is 17.0 Å². The number of piperazine rings is 1. The van der Waals surface area contributed by atoms with Crippen molar-refractivity contribution in [2.45, 2.75) is 6.92 Å². The standard InChI is InChI=1S/C24H25N7O3/c1-3-34-19-9-7-17(8-10-19)24(32)30-13-11-29(12-14-30)22-21-23(26-16-25-22)31(28-27-21)18-5-4-6-20(15-18)33-2/h4-10,15-16H,3,11-14H2,1-2H3. The second-order valence-corrected chi connectivity index (χ2v) is 7.81. The predicted molar refractivity (Wildman–Crippen MR) is 127 cm³/mol. The van der Waals surface area contributed by atoms with Crippen molar-refractivity contribution in [3.8, 4) is 17.2 Å². The van der Waals surface area contributed by atoms with Crippen LogP contribution in [0.4, 0.5) is 5.82 Å². The first kappa shape index (κ1) is 21.6. The minimum Gasteiger partial charge on any atom is -0.497 e. The van der Waals surface area contributed by atoms with Crippen molar-refractivity contribution in [2.75, 3.05) is 44.8 Å². The summed E-state index contributed by atoms with van der Waals surface area (Å²) in [5, 5.41) is 8.67. The van der Waals surface area contributed by atoms with E-state index in [1.54, 1.807) is 11.8 Å². The van der Waals surface area contributed by atoms with Crippen LogP contribution < -0.4 is 14.4 Å². The van der Waals surface area contributed by atoms with Gasteiger partial charge in [-0.25, -0.2) is 9.97 Å². The van der Waals surface area contributed by atoms with Crippen LogP contribution in [0.1, 0.15) is 17.3 Å². The van der Waals surface area contributed by atoms with Crippen LogP contribution in [0.3, 0.4) is 0 Å². The summed E-state index contributed by atoms with van der Waals surface area (Å²) in [5.74, 6) is 2.22. The molecule has 1 amide bonds. The van der Waals surface area contributed by atoms with Gasteiger partial charge in [0.2, 0.25) is 0 Å². The number of carbonyl (C=O) groups is 1. The van der Waals surface area contributed by atoms with Crippen LogP contribution in [0.5, 0.6) is 11.5 Å². The van der Waals surface area contributed by atoms with Crippen LogP contribution in [0.15, 0.2) is 54.9 Å². The highest BCUT2D eigenvalue weighted by Crippen LogP contribution is 2.25. The van der Waals surface area contributed by atoms with E-state index >= 15 is 0 Å². The fourth-order valence-corrected chi connectivity index (χ4v) is 4.05. The Bertz CT molecular complexity index is 1300. The summed E-state index contributed by atoms with van der Waals surface area (Å²) in [4.78, 5) is 25.8. The normalized spacial score (nSPS) is 13.8. The molecule has 4 aromatic rings. The highest BCUT2D eigenvalue weighted by Gasteiger charge is 2.25. The van der Waals surface area contributed by atoms with E-state index < -0.39 is 0 Å². The second-order valence-electron chi connectivity index (χ2n) is 7.81. The molecule has 0 unspecified atom stereocenters. The summed E-state index contributed by atoms with van der Waals surface area (Å²) in [6.07, 6.45) is 1.52. The van der Waals surface area contributed by atoms with E-state index in [1.807, 2.05) is 60.4 Å². The molecule has 0 bridgehead atoms. The minimum atomic E-state index is 0.0134. The van der Waals surface area contributed by atoms with Crippen LogP contribution in [0.25, 0.3) is 16.9 Å². The zero-order valence-corrected chi connectivity index (χ0v) is 19.1. The molecule has 1 saturated heterocycles. The zero-order valence-electron chi connectivity index (χ0n) is 19.1. The van der Waals surface area contributed by atoms with Gasteiger partial charge in [-0.05, 0) is 43.3 Å². The summed E-state index contributed by atoms with van der Waals surface area (Å²) in [7, 11) is 1.62. The van der Waals surface area contributed by atoms with E-state index in [-0.39, 0.29) is 5.91 Å². The van der Waals surface area contributed by atoms with Crippen molar-refractivity contribution in [3.63, 3.8) is 0 Å². The molecule has 0 radical (unpaired) electrons. The number of fused-ring (bicyclic) bond motifs is 1. The lowest BCUT2D eigenvalue weighted by Crippen LogP contribution is -2.49. The van der Waals surface area contributed by atoms with Crippen LogP contribution in [0.2, 0.25) is 0 Å². The molecular weight excluding hydrogens is 434 g/mol. The molecule has 10 nitrogen and oxygen atoms in total. The highest BCUT2D eigenvalue weighted by atomic mass is 16.5. The summed E-state index contributed by atoms with van der Waals surface area (Å²) >= 11 is 0. The summed E-state index contributed by atoms with van der Waals surface area (Å²) < 4.78 is 12.5. The molecule has 0 aliphatic carbocycles. The molecule has 0 N–H and O–H groups in total. The van der Waals surface area contributed by atoms with Crippen LogP contribution in [-0.2, 0) is 0 Å². The van der Waals surface area contributed by atoms with Crippen LogP contribution >= 0.6 is 0 Å². The van der Waals surface area contributed by atoms with E-state index in [0.29, 0.717) is 55.3 Å². The van der Waals surface area contributed by atoms with Gasteiger partial charge in [0, 0.05) is 37.8 Å². The molecule has 1 aliphatic rings. The van der Waals surface area contributed by atoms with E-state index in [9.17, 15) is 4.79 Å². The molecule has 2 aromatic heterocycles. The monoisotopic (exact) mass is 459 g/mol. The van der Waals surface area contributed by atoms with Crippen molar-refractivity contribution in [3.05, 3.63) is 60.4 Å². The van der Waals surface area contributed by atoms with Gasteiger partial charge >= 0.3 is 0 Å². The number of carbonyl (C=O) groups excluding carboxylic acids is 1. The van der Waals surface area contributed by atoms with Crippen LogP contribution in [-0.4, -0.2) is 75.7 Å². The first-order chi connectivity index (χ1) is 16.7. The van der Waals surface area contributed by atoms with Crippen molar-refractivity contribution >= 4 is 22.9 Å². The van der Waals surface area contributed by atoms with Crippen LogP contribution in [0, 0.1) is 0 Å². The third-order valence-electron chi connectivity index (χ3n) is 5.80. The van der Waals surface area contributed by atoms with E-state index in [1.165, 1.54) is 6.33 Å². The summed E-state index contributed by atoms with van der Waals surface area (Å²) in [6, 6.07) is 14.8. The second kappa shape index (κ2) is 9.34. The Morgan fingerprint density at radius 1 is 1.00 bits per heavy atom. The number of amides is 1. The first-order valence-corrected chi connectivity index (χ1v) is 11.2. The van der Waals surface area contributed by atoms with Gasteiger partial charge in [0.05, 0.1) is 19.4 Å². The quantitative estimate of drug-likeness (QED) is 0.434. The Morgan fingerprint density at radius 3 is 2.53 bits per heavy atom. The lowest BCUT2D eigenvalue weighted by Gasteiger charge is -2.35. The molecule has 0 atom stereocenters. The summed E-state index contributed by atoms with van der Waals surface area (Å²) in [6.45, 7) is 4.98. The topological polar surface area (TPSA) is 98.5 Å². The smallest absolute Gasteiger partial charge is 0.253 e. The Kier molecular flexibility index (Phi) is 5.94. The Hall–Kier alpha value is -4.21. The number of hydrogen-bond acceptors (Lipinski definition) is 8. The van der Waals surface area contributed by atoms with E-state index in [0.717, 1.165) is 17.2 Å². The van der Waals surface area contributed by atoms with Crippen molar-refractivity contribution < 1.29 is 14.3 Å². The average Bonchev–Trinajstić information content (AvgIpc) is 3.33. The Balaban J connectivity index is 1.32. The number of aromatic nitrogens is 5. The maximum Gasteiger partial charge on any atom is 0.253 e. The zero-order chi connectivity index (χ0) is 23.5. The van der Waals surface area contributed by atoms with Gasteiger partial charge in [-0.1, -0.05) is 11.3 Å². The molecule has 0 saturated carbocycles. The Labute approximate surface area is 196 Å². The van der Waals surface area contributed by atoms with Crippen molar-refractivity contribution in [2.24, 2.45) is 0 Å². The van der Waals surface area contributed by atoms with Gasteiger partial charge in [-0.3, -0.25) is 4.79 Å². The lowest BCUT2D eigenvalue weighted by molar-refractivity contribution is 0.0746. The number of rotatable bonds is 6. The fourth-order valence-electron chi connectivity index (χ4n) is 4.05. The summed E-state index contributed by atoms with van der Waals surface area (Å²) in [5.41, 5.74) is 2.70. The minimum absolute atomic E-state index is 0.0134. The molecular formula is C24H25N7O3. The van der Waals surface area contributed by atoms with Gasteiger partial charge in [0.25, 0.3) is 5.91 Å². The largest absolute Gasteiger partial charge is 0.497 e. The predicted octanol–water partition coefficient (Wildman–Crippen LogP) is 2.58. The van der Waals surface area contributed by atoms with Gasteiger partial charge in [0.1, 0.15) is 17.8 Å². The maximum atomic E-state index is 12.9. The molecule has 10 heteroatoms. The van der Waals surface area contributed by atoms with Crippen molar-refractivity contribution in [1.29, 1.82) is 0 Å². The van der Waals surface area contributed by atoms with Gasteiger partial charge < -0.3 is 19.3 Å². The van der Waals surface area contributed by atoms with Crippen molar-refractivity contribution in [1.82, 2.24) is 29.9 Å². The number of anilines is 1.